The molecular formula is C12H17NO. The van der Waals surface area contributed by atoms with Gasteiger partial charge in [-0.15, -0.1) is 0 Å². The molecule has 0 saturated heterocycles. The lowest BCUT2D eigenvalue weighted by Crippen LogP contribution is -2.04. The van der Waals surface area contributed by atoms with Crippen molar-refractivity contribution in [3.63, 3.8) is 0 Å². The van der Waals surface area contributed by atoms with E-state index in [0.717, 1.165) is 33.5 Å². The van der Waals surface area contributed by atoms with Crippen LogP contribution in [-0.2, 0) is 0 Å². The molecule has 0 radical (unpaired) electrons. The Morgan fingerprint density at radius 1 is 1.00 bits per heavy atom. The maximum Gasteiger partial charge on any atom is 0.116 e. The zero-order valence-corrected chi connectivity index (χ0v) is 9.23. The van der Waals surface area contributed by atoms with Gasteiger partial charge >= 0.3 is 0 Å². The van der Waals surface area contributed by atoms with E-state index in [9.17, 15) is 5.11 Å². The van der Waals surface area contributed by atoms with Crippen molar-refractivity contribution in [3.8, 4) is 0 Å². The van der Waals surface area contributed by atoms with Crippen molar-refractivity contribution in [2.45, 2.75) is 27.7 Å². The predicted molar refractivity (Wildman–Crippen MR) is 61.5 cm³/mol. The molecule has 0 fully saturated rings. The molecule has 0 aromatic heterocycles. The highest BCUT2D eigenvalue weighted by Gasteiger charge is 2.14. The normalized spacial score (nSPS) is 10.3. The number of benzene rings is 1. The molecule has 1 aromatic carbocycles. The second kappa shape index (κ2) is 3.37. The molecule has 1 aromatic rings. The summed E-state index contributed by atoms with van der Waals surface area (Å²) in [6.07, 6.45) is 0. The number of anilines is 1. The number of hydrogen-bond donors (Lipinski definition) is 2. The minimum atomic E-state index is 0.0924. The summed E-state index contributed by atoms with van der Waals surface area (Å²) in [7, 11) is 0. The number of aliphatic hydroxyl groups excluding tert-OH is 1. The average Bonchev–Trinajstić information content (AvgIpc) is 2.11. The Morgan fingerprint density at radius 2 is 1.50 bits per heavy atom. The van der Waals surface area contributed by atoms with Crippen LogP contribution < -0.4 is 5.73 Å². The summed E-state index contributed by atoms with van der Waals surface area (Å²) in [5, 5.41) is 9.48. The molecule has 0 spiro atoms. The van der Waals surface area contributed by atoms with E-state index in [4.69, 9.17) is 5.73 Å². The number of nitrogens with two attached hydrogens (primary N) is 1. The van der Waals surface area contributed by atoms with Crippen LogP contribution in [0.5, 0.6) is 0 Å². The van der Waals surface area contributed by atoms with Crippen LogP contribution in [0.4, 0.5) is 5.69 Å². The maximum absolute atomic E-state index is 9.48. The molecule has 3 N–H and O–H groups in total. The summed E-state index contributed by atoms with van der Waals surface area (Å²) >= 11 is 0. The first-order valence-electron chi connectivity index (χ1n) is 4.62. The smallest absolute Gasteiger partial charge is 0.116 e. The molecule has 14 heavy (non-hydrogen) atoms. The SMILES string of the molecule is C=C(O)c1c(C)c(C)c(C)c(N)c1C. The fourth-order valence-electron chi connectivity index (χ4n) is 1.80. The van der Waals surface area contributed by atoms with Crippen molar-refractivity contribution < 1.29 is 5.11 Å². The van der Waals surface area contributed by atoms with Gasteiger partial charge in [0, 0.05) is 11.3 Å². The van der Waals surface area contributed by atoms with E-state index in [1.807, 2.05) is 27.7 Å². The first-order valence-corrected chi connectivity index (χ1v) is 4.62. The molecular weight excluding hydrogens is 174 g/mol. The molecule has 0 saturated carbocycles. The van der Waals surface area contributed by atoms with E-state index in [1.54, 1.807) is 0 Å². The Labute approximate surface area is 85.1 Å². The quantitative estimate of drug-likeness (QED) is 0.529. The Hall–Kier alpha value is -1.44. The largest absolute Gasteiger partial charge is 0.508 e. The molecule has 76 valence electrons. The molecule has 0 bridgehead atoms. The summed E-state index contributed by atoms with van der Waals surface area (Å²) in [5.74, 6) is 0.0924. The van der Waals surface area contributed by atoms with E-state index >= 15 is 0 Å². The maximum atomic E-state index is 9.48. The number of nitrogen functional groups attached to an aromatic ring is 1. The van der Waals surface area contributed by atoms with Crippen molar-refractivity contribution in [3.05, 3.63) is 34.4 Å². The summed E-state index contributed by atoms with van der Waals surface area (Å²) in [4.78, 5) is 0. The Kier molecular flexibility index (Phi) is 2.56. The molecule has 0 atom stereocenters. The zero-order valence-electron chi connectivity index (χ0n) is 9.23. The van der Waals surface area contributed by atoms with E-state index in [-0.39, 0.29) is 5.76 Å². The van der Waals surface area contributed by atoms with Crippen LogP contribution in [0.1, 0.15) is 27.8 Å². The van der Waals surface area contributed by atoms with Gasteiger partial charge < -0.3 is 10.8 Å². The molecule has 1 rings (SSSR count). The van der Waals surface area contributed by atoms with E-state index in [2.05, 4.69) is 6.58 Å². The fraction of sp³-hybridized carbons (Fsp3) is 0.333. The van der Waals surface area contributed by atoms with E-state index < -0.39 is 0 Å². The Bertz CT molecular complexity index is 376. The molecule has 0 amide bonds. The molecule has 2 nitrogen and oxygen atoms in total. The van der Waals surface area contributed by atoms with Crippen LogP contribution in [0.25, 0.3) is 5.76 Å². The van der Waals surface area contributed by atoms with Crippen LogP contribution in [0.3, 0.4) is 0 Å². The highest BCUT2D eigenvalue weighted by molar-refractivity contribution is 5.73. The van der Waals surface area contributed by atoms with Gasteiger partial charge in [0.1, 0.15) is 5.76 Å². The number of rotatable bonds is 1. The van der Waals surface area contributed by atoms with Gasteiger partial charge in [-0.25, -0.2) is 0 Å². The third-order valence-electron chi connectivity index (χ3n) is 2.97. The molecule has 0 unspecified atom stereocenters. The van der Waals surface area contributed by atoms with Crippen LogP contribution in [0.2, 0.25) is 0 Å². The third-order valence-corrected chi connectivity index (χ3v) is 2.97. The predicted octanol–water partition coefficient (Wildman–Crippen LogP) is 3.03. The summed E-state index contributed by atoms with van der Waals surface area (Å²) in [5.41, 5.74) is 11.7. The zero-order chi connectivity index (χ0) is 11.0. The van der Waals surface area contributed by atoms with Gasteiger partial charge in [-0.05, 0) is 49.9 Å². The lowest BCUT2D eigenvalue weighted by Gasteiger charge is -2.17. The van der Waals surface area contributed by atoms with Gasteiger partial charge in [0.15, 0.2) is 0 Å². The van der Waals surface area contributed by atoms with Gasteiger partial charge in [-0.2, -0.15) is 0 Å². The summed E-state index contributed by atoms with van der Waals surface area (Å²) in [6.45, 7) is 11.4. The van der Waals surface area contributed by atoms with Crippen molar-refractivity contribution >= 4 is 11.4 Å². The van der Waals surface area contributed by atoms with Crippen LogP contribution >= 0.6 is 0 Å². The van der Waals surface area contributed by atoms with Crippen molar-refractivity contribution in [2.75, 3.05) is 5.73 Å². The highest BCUT2D eigenvalue weighted by Crippen LogP contribution is 2.31. The highest BCUT2D eigenvalue weighted by atomic mass is 16.3. The molecule has 0 heterocycles. The van der Waals surface area contributed by atoms with Gasteiger partial charge in [-0.1, -0.05) is 6.58 Å². The molecule has 2 heteroatoms. The topological polar surface area (TPSA) is 46.2 Å². The van der Waals surface area contributed by atoms with Crippen LogP contribution in [-0.4, -0.2) is 5.11 Å². The standard InChI is InChI=1S/C12H17NO/c1-6-7(2)11(10(5)14)9(4)12(13)8(6)3/h14H,5,13H2,1-4H3. The first kappa shape index (κ1) is 10.6. The van der Waals surface area contributed by atoms with Crippen molar-refractivity contribution in [1.29, 1.82) is 0 Å². The minimum Gasteiger partial charge on any atom is -0.508 e. The Morgan fingerprint density at radius 3 is 1.93 bits per heavy atom. The fourth-order valence-corrected chi connectivity index (χ4v) is 1.80. The van der Waals surface area contributed by atoms with Crippen LogP contribution in [0.15, 0.2) is 6.58 Å². The monoisotopic (exact) mass is 191 g/mol. The lowest BCUT2D eigenvalue weighted by atomic mass is 9.91. The first-order chi connectivity index (χ1) is 6.37. The lowest BCUT2D eigenvalue weighted by molar-refractivity contribution is 0.512. The van der Waals surface area contributed by atoms with Gasteiger partial charge in [0.25, 0.3) is 0 Å². The van der Waals surface area contributed by atoms with Gasteiger partial charge in [0.2, 0.25) is 0 Å². The Balaban J connectivity index is 3.68. The van der Waals surface area contributed by atoms with Crippen LogP contribution in [0, 0.1) is 27.7 Å². The average molecular weight is 191 g/mol. The van der Waals surface area contributed by atoms with Crippen molar-refractivity contribution in [2.24, 2.45) is 0 Å². The second-order valence-corrected chi connectivity index (χ2v) is 3.74. The van der Waals surface area contributed by atoms with Gasteiger partial charge in [-0.3, -0.25) is 0 Å². The summed E-state index contributed by atoms with van der Waals surface area (Å²) in [6, 6.07) is 0. The van der Waals surface area contributed by atoms with Gasteiger partial charge in [0.05, 0.1) is 0 Å². The molecule has 0 aliphatic carbocycles. The number of aliphatic hydroxyl groups is 1. The van der Waals surface area contributed by atoms with E-state index in [0.29, 0.717) is 0 Å². The van der Waals surface area contributed by atoms with Crippen molar-refractivity contribution in [1.82, 2.24) is 0 Å². The third kappa shape index (κ3) is 1.37. The van der Waals surface area contributed by atoms with E-state index in [1.165, 1.54) is 0 Å². The minimum absolute atomic E-state index is 0.0924. The number of hydrogen-bond acceptors (Lipinski definition) is 2. The molecule has 0 aliphatic heterocycles. The summed E-state index contributed by atoms with van der Waals surface area (Å²) < 4.78 is 0. The molecule has 0 aliphatic rings. The second-order valence-electron chi connectivity index (χ2n) is 3.74.